The van der Waals surface area contributed by atoms with Gasteiger partial charge in [0.2, 0.25) is 0 Å². The molecule has 0 aliphatic carbocycles. The average molecular weight is 244 g/mol. The minimum Gasteiger partial charge on any atom is -0.387 e. The maximum atomic E-state index is 4.29. The summed E-state index contributed by atoms with van der Waals surface area (Å²) in [6.07, 6.45) is 1.72. The molecule has 0 aliphatic heterocycles. The van der Waals surface area contributed by atoms with Crippen molar-refractivity contribution in [1.29, 1.82) is 0 Å². The molecule has 0 fully saturated rings. The summed E-state index contributed by atoms with van der Waals surface area (Å²) in [6.45, 7) is 8.68. The first kappa shape index (κ1) is 11.9. The summed E-state index contributed by atoms with van der Waals surface area (Å²) in [4.78, 5) is 5.55. The highest BCUT2D eigenvalue weighted by Gasteiger charge is 2.06. The van der Waals surface area contributed by atoms with E-state index in [9.17, 15) is 0 Å². The minimum absolute atomic E-state index is 0.831. The zero-order valence-electron chi connectivity index (χ0n) is 10.2. The standard InChI is InChI=1S/C14H16N2S/c1-4-15-8-13-6-5-12(7-10(13)2)14-11(3)16-9-17-14/h4-7,9,15H,1,8H2,2-3H3. The zero-order valence-corrected chi connectivity index (χ0v) is 11.0. The van der Waals surface area contributed by atoms with Crippen molar-refractivity contribution in [3.63, 3.8) is 0 Å². The lowest BCUT2D eigenvalue weighted by Crippen LogP contribution is -2.05. The van der Waals surface area contributed by atoms with Crippen LogP contribution in [0.1, 0.15) is 16.8 Å². The molecule has 0 atom stereocenters. The molecule has 3 heteroatoms. The van der Waals surface area contributed by atoms with Gasteiger partial charge in [-0.2, -0.15) is 0 Å². The molecule has 1 aromatic heterocycles. The molecule has 0 amide bonds. The fourth-order valence-corrected chi connectivity index (χ4v) is 2.60. The number of aromatic nitrogens is 1. The van der Waals surface area contributed by atoms with E-state index in [2.05, 4.69) is 42.0 Å². The van der Waals surface area contributed by atoms with Crippen LogP contribution in [-0.4, -0.2) is 4.98 Å². The van der Waals surface area contributed by atoms with Gasteiger partial charge in [-0.25, -0.2) is 4.98 Å². The first-order valence-electron chi connectivity index (χ1n) is 5.56. The van der Waals surface area contributed by atoms with E-state index in [0.29, 0.717) is 0 Å². The Labute approximate surface area is 106 Å². The summed E-state index contributed by atoms with van der Waals surface area (Å²) in [5, 5.41) is 3.13. The van der Waals surface area contributed by atoms with E-state index < -0.39 is 0 Å². The molecule has 0 aliphatic rings. The van der Waals surface area contributed by atoms with Gasteiger partial charge in [-0.1, -0.05) is 24.8 Å². The highest BCUT2D eigenvalue weighted by atomic mass is 32.1. The second-order valence-corrected chi connectivity index (χ2v) is 4.85. The third-order valence-electron chi connectivity index (χ3n) is 2.79. The van der Waals surface area contributed by atoms with Crippen LogP contribution in [0.3, 0.4) is 0 Å². The minimum atomic E-state index is 0.831. The summed E-state index contributed by atoms with van der Waals surface area (Å²) in [6, 6.07) is 6.55. The number of thiazole rings is 1. The van der Waals surface area contributed by atoms with Crippen LogP contribution in [0.25, 0.3) is 10.4 Å². The van der Waals surface area contributed by atoms with Crippen molar-refractivity contribution in [1.82, 2.24) is 10.3 Å². The van der Waals surface area contributed by atoms with Crippen molar-refractivity contribution >= 4 is 11.3 Å². The Kier molecular flexibility index (Phi) is 3.59. The summed E-state index contributed by atoms with van der Waals surface area (Å²) in [5.74, 6) is 0. The largest absolute Gasteiger partial charge is 0.387 e. The Morgan fingerprint density at radius 2 is 2.24 bits per heavy atom. The van der Waals surface area contributed by atoms with Gasteiger partial charge in [0.25, 0.3) is 0 Å². The molecule has 0 bridgehead atoms. The van der Waals surface area contributed by atoms with Gasteiger partial charge in [0, 0.05) is 6.54 Å². The number of nitrogens with zero attached hydrogens (tertiary/aromatic N) is 1. The van der Waals surface area contributed by atoms with Crippen molar-refractivity contribution in [2.45, 2.75) is 20.4 Å². The molecule has 0 radical (unpaired) electrons. The monoisotopic (exact) mass is 244 g/mol. The summed E-state index contributed by atoms with van der Waals surface area (Å²) in [5.41, 5.74) is 6.85. The highest BCUT2D eigenvalue weighted by molar-refractivity contribution is 7.13. The normalized spacial score (nSPS) is 10.2. The molecule has 2 nitrogen and oxygen atoms in total. The molecule has 0 saturated carbocycles. The highest BCUT2D eigenvalue weighted by Crippen LogP contribution is 2.28. The quantitative estimate of drug-likeness (QED) is 0.887. The molecule has 1 aromatic carbocycles. The maximum absolute atomic E-state index is 4.29. The van der Waals surface area contributed by atoms with Crippen molar-refractivity contribution in [2.75, 3.05) is 0 Å². The molecule has 1 N–H and O–H groups in total. The van der Waals surface area contributed by atoms with E-state index in [-0.39, 0.29) is 0 Å². The van der Waals surface area contributed by atoms with Crippen molar-refractivity contribution in [3.8, 4) is 10.4 Å². The number of aryl methyl sites for hydroxylation is 2. The molecule has 2 rings (SSSR count). The number of rotatable bonds is 4. The molecule has 0 spiro atoms. The van der Waals surface area contributed by atoms with E-state index in [1.165, 1.54) is 21.6 Å². The Balaban J connectivity index is 2.31. The number of nitrogens with one attached hydrogen (secondary N) is 1. The van der Waals surface area contributed by atoms with Crippen molar-refractivity contribution in [2.24, 2.45) is 0 Å². The van der Waals surface area contributed by atoms with E-state index >= 15 is 0 Å². The van der Waals surface area contributed by atoms with E-state index in [1.54, 1.807) is 17.5 Å². The van der Waals surface area contributed by atoms with Crippen LogP contribution >= 0.6 is 11.3 Å². The molecule has 2 aromatic rings. The van der Waals surface area contributed by atoms with Crippen LogP contribution in [0.5, 0.6) is 0 Å². The number of benzene rings is 1. The third kappa shape index (κ3) is 2.56. The van der Waals surface area contributed by atoms with Crippen LogP contribution in [-0.2, 0) is 6.54 Å². The molecule has 17 heavy (non-hydrogen) atoms. The molecule has 1 heterocycles. The third-order valence-corrected chi connectivity index (χ3v) is 3.76. The Hall–Kier alpha value is -1.61. The SMILES string of the molecule is C=CNCc1ccc(-c2scnc2C)cc1C. The van der Waals surface area contributed by atoms with Gasteiger partial charge in [-0.05, 0) is 36.7 Å². The van der Waals surface area contributed by atoms with Crippen LogP contribution in [0.15, 0.2) is 36.5 Å². The predicted molar refractivity (Wildman–Crippen MR) is 74.1 cm³/mol. The van der Waals surface area contributed by atoms with E-state index in [0.717, 1.165) is 12.2 Å². The fourth-order valence-electron chi connectivity index (χ4n) is 1.80. The summed E-state index contributed by atoms with van der Waals surface area (Å²) in [7, 11) is 0. The van der Waals surface area contributed by atoms with Crippen molar-refractivity contribution < 1.29 is 0 Å². The van der Waals surface area contributed by atoms with Gasteiger partial charge in [0.1, 0.15) is 0 Å². The second-order valence-electron chi connectivity index (χ2n) is 3.99. The summed E-state index contributed by atoms with van der Waals surface area (Å²) < 4.78 is 0. The predicted octanol–water partition coefficient (Wildman–Crippen LogP) is 3.66. The van der Waals surface area contributed by atoms with Gasteiger partial charge in [-0.15, -0.1) is 11.3 Å². The molecule has 0 unspecified atom stereocenters. The van der Waals surface area contributed by atoms with Crippen LogP contribution in [0.4, 0.5) is 0 Å². The Morgan fingerprint density at radius 1 is 1.41 bits per heavy atom. The van der Waals surface area contributed by atoms with Gasteiger partial charge in [-0.3, -0.25) is 0 Å². The van der Waals surface area contributed by atoms with Gasteiger partial charge in [0.05, 0.1) is 16.1 Å². The smallest absolute Gasteiger partial charge is 0.0801 e. The van der Waals surface area contributed by atoms with Crippen LogP contribution in [0, 0.1) is 13.8 Å². The van der Waals surface area contributed by atoms with Crippen LogP contribution < -0.4 is 5.32 Å². The number of hydrogen-bond donors (Lipinski definition) is 1. The van der Waals surface area contributed by atoms with Gasteiger partial charge >= 0.3 is 0 Å². The first-order valence-corrected chi connectivity index (χ1v) is 6.44. The topological polar surface area (TPSA) is 24.9 Å². The Morgan fingerprint density at radius 3 is 2.82 bits per heavy atom. The summed E-state index contributed by atoms with van der Waals surface area (Å²) >= 11 is 1.69. The Bertz CT molecular complexity index is 529. The fraction of sp³-hybridized carbons (Fsp3) is 0.214. The first-order chi connectivity index (χ1) is 8.22. The lowest BCUT2D eigenvalue weighted by atomic mass is 10.0. The molecule has 0 saturated heterocycles. The average Bonchev–Trinajstić information content (AvgIpc) is 2.74. The molecular formula is C14H16N2S. The van der Waals surface area contributed by atoms with Crippen LogP contribution in [0.2, 0.25) is 0 Å². The maximum Gasteiger partial charge on any atom is 0.0801 e. The van der Waals surface area contributed by atoms with E-state index in [4.69, 9.17) is 0 Å². The molecular weight excluding hydrogens is 228 g/mol. The zero-order chi connectivity index (χ0) is 12.3. The van der Waals surface area contributed by atoms with Gasteiger partial charge in [0.15, 0.2) is 0 Å². The van der Waals surface area contributed by atoms with Crippen molar-refractivity contribution in [3.05, 3.63) is 53.3 Å². The lowest BCUT2D eigenvalue weighted by Gasteiger charge is -2.08. The second kappa shape index (κ2) is 5.15. The van der Waals surface area contributed by atoms with Gasteiger partial charge < -0.3 is 5.32 Å². The lowest BCUT2D eigenvalue weighted by molar-refractivity contribution is 0.865. The number of hydrogen-bond acceptors (Lipinski definition) is 3. The molecule has 88 valence electrons. The van der Waals surface area contributed by atoms with E-state index in [1.807, 2.05) is 12.4 Å².